The van der Waals surface area contributed by atoms with E-state index in [1.165, 1.54) is 11.1 Å². The number of pyridine rings is 1. The van der Waals surface area contributed by atoms with E-state index in [1.807, 2.05) is 54.9 Å². The van der Waals surface area contributed by atoms with E-state index in [9.17, 15) is 0 Å². The molecule has 0 saturated heterocycles. The first-order chi connectivity index (χ1) is 14.9. The summed E-state index contributed by atoms with van der Waals surface area (Å²) in [6.07, 6.45) is 5.26. The van der Waals surface area contributed by atoms with Crippen LogP contribution in [0.15, 0.2) is 70.6 Å². The van der Waals surface area contributed by atoms with Crippen LogP contribution < -0.4 is 0 Å². The fourth-order valence-corrected chi connectivity index (χ4v) is 3.55. The average Bonchev–Trinajstić information content (AvgIpc) is 2.75. The van der Waals surface area contributed by atoms with E-state index in [-0.39, 0.29) is 0 Å². The molecule has 0 spiro atoms. The molecule has 0 N–H and O–H groups in total. The maximum atomic E-state index is 5.92. The van der Waals surface area contributed by atoms with Gasteiger partial charge >= 0.3 is 0 Å². The molecule has 3 aromatic rings. The molecule has 0 unspecified atom stereocenters. The maximum Gasteiger partial charge on any atom is 0.0694 e. The van der Waals surface area contributed by atoms with Gasteiger partial charge in [0.2, 0.25) is 0 Å². The van der Waals surface area contributed by atoms with Crippen LogP contribution in [0, 0.1) is 0 Å². The number of rotatable bonds is 8. The molecule has 0 aliphatic heterocycles. The van der Waals surface area contributed by atoms with E-state index in [4.69, 9.17) is 21.6 Å². The van der Waals surface area contributed by atoms with Gasteiger partial charge in [0, 0.05) is 41.7 Å². The van der Waals surface area contributed by atoms with Gasteiger partial charge in [-0.2, -0.15) is 0 Å². The first-order valence-corrected chi connectivity index (χ1v) is 11.2. The molecule has 3 rings (SSSR count). The summed E-state index contributed by atoms with van der Waals surface area (Å²) in [5.41, 5.74) is 6.59. The minimum atomic E-state index is 0.437. The molecule has 0 radical (unpaired) electrons. The molecule has 2 aromatic carbocycles. The lowest BCUT2D eigenvalue weighted by molar-refractivity contribution is 0.835. The van der Waals surface area contributed by atoms with Crippen LogP contribution >= 0.6 is 11.6 Å². The molecule has 0 fully saturated rings. The smallest absolute Gasteiger partial charge is 0.0694 e. The quantitative estimate of drug-likeness (QED) is 0.334. The van der Waals surface area contributed by atoms with Gasteiger partial charge in [-0.05, 0) is 59.4 Å². The summed E-state index contributed by atoms with van der Waals surface area (Å²) in [7, 11) is 0. The molecule has 0 amide bonds. The molecule has 0 atom stereocenters. The molecule has 0 aliphatic rings. The number of hydrogen-bond donors (Lipinski definition) is 0. The fraction of sp³-hybridized carbons (Fsp3) is 0.296. The van der Waals surface area contributed by atoms with Crippen molar-refractivity contribution in [3.8, 4) is 0 Å². The molecular weight excluding hydrogens is 402 g/mol. The lowest BCUT2D eigenvalue weighted by Crippen LogP contribution is -1.98. The highest BCUT2D eigenvalue weighted by atomic mass is 35.5. The molecule has 160 valence electrons. The van der Waals surface area contributed by atoms with Crippen LogP contribution in [-0.4, -0.2) is 17.4 Å². The highest BCUT2D eigenvalue weighted by molar-refractivity contribution is 6.30. The lowest BCUT2D eigenvalue weighted by Gasteiger charge is -2.16. The van der Waals surface area contributed by atoms with Crippen molar-refractivity contribution in [2.45, 2.75) is 52.4 Å². The van der Waals surface area contributed by atoms with E-state index in [0.29, 0.717) is 29.7 Å². The Morgan fingerprint density at radius 2 is 1.26 bits per heavy atom. The van der Waals surface area contributed by atoms with Gasteiger partial charge in [-0.15, -0.1) is 0 Å². The van der Waals surface area contributed by atoms with Crippen molar-refractivity contribution in [3.05, 3.63) is 88.2 Å². The Labute approximate surface area is 191 Å². The zero-order valence-corrected chi connectivity index (χ0v) is 19.5. The summed E-state index contributed by atoms with van der Waals surface area (Å²) in [5.74, 6) is 0.875. The molecular formula is C27H30ClN3. The van der Waals surface area contributed by atoms with Crippen molar-refractivity contribution in [2.24, 2.45) is 9.98 Å². The van der Waals surface area contributed by atoms with Crippen molar-refractivity contribution in [1.29, 1.82) is 0 Å². The number of hydrogen-bond acceptors (Lipinski definition) is 3. The molecule has 3 nitrogen and oxygen atoms in total. The van der Waals surface area contributed by atoms with Crippen molar-refractivity contribution < 1.29 is 0 Å². The molecule has 0 bridgehead atoms. The first kappa shape index (κ1) is 22.9. The topological polar surface area (TPSA) is 37.6 Å². The van der Waals surface area contributed by atoms with E-state index < -0.39 is 0 Å². The van der Waals surface area contributed by atoms with Crippen LogP contribution in [0.3, 0.4) is 0 Å². The van der Waals surface area contributed by atoms with E-state index in [1.54, 1.807) is 0 Å². The maximum absolute atomic E-state index is 5.92. The van der Waals surface area contributed by atoms with Crippen LogP contribution in [-0.2, 0) is 12.8 Å². The summed E-state index contributed by atoms with van der Waals surface area (Å²) >= 11 is 5.92. The molecule has 31 heavy (non-hydrogen) atoms. The second kappa shape index (κ2) is 11.0. The Morgan fingerprint density at radius 3 is 1.81 bits per heavy atom. The third-order valence-corrected chi connectivity index (χ3v) is 5.35. The Bertz CT molecular complexity index is 1020. The largest absolute Gasteiger partial charge is 0.261 e. The predicted octanol–water partition coefficient (Wildman–Crippen LogP) is 7.87. The van der Waals surface area contributed by atoms with Crippen LogP contribution in [0.4, 0.5) is 11.4 Å². The van der Waals surface area contributed by atoms with Crippen molar-refractivity contribution in [1.82, 2.24) is 4.98 Å². The van der Waals surface area contributed by atoms with Crippen molar-refractivity contribution in [2.75, 3.05) is 0 Å². The highest BCUT2D eigenvalue weighted by Crippen LogP contribution is 2.34. The van der Waals surface area contributed by atoms with E-state index in [2.05, 4.69) is 50.9 Å². The highest BCUT2D eigenvalue weighted by Gasteiger charge is 2.12. The molecule has 0 saturated carbocycles. The number of benzene rings is 2. The van der Waals surface area contributed by atoms with Crippen LogP contribution in [0.1, 0.15) is 62.0 Å². The van der Waals surface area contributed by atoms with Crippen LogP contribution in [0.5, 0.6) is 0 Å². The monoisotopic (exact) mass is 431 g/mol. The van der Waals surface area contributed by atoms with Gasteiger partial charge in [0.05, 0.1) is 11.4 Å². The minimum absolute atomic E-state index is 0.437. The SMILES string of the molecule is CC(C)c1cccc(C(C)C)c1N=CCc1cccc(CC=Nc2ccc(Cl)cc2)n1. The average molecular weight is 432 g/mol. The number of aliphatic imine (C=N–C) groups is 2. The van der Waals surface area contributed by atoms with Gasteiger partial charge in [-0.25, -0.2) is 0 Å². The van der Waals surface area contributed by atoms with Gasteiger partial charge in [0.25, 0.3) is 0 Å². The normalized spacial score (nSPS) is 12.0. The third-order valence-electron chi connectivity index (χ3n) is 5.10. The van der Waals surface area contributed by atoms with Crippen LogP contribution in [0.2, 0.25) is 5.02 Å². The van der Waals surface area contributed by atoms with Crippen LogP contribution in [0.25, 0.3) is 0 Å². The zero-order valence-electron chi connectivity index (χ0n) is 18.7. The van der Waals surface area contributed by atoms with E-state index >= 15 is 0 Å². The van der Waals surface area contributed by atoms with Gasteiger partial charge in [0.1, 0.15) is 0 Å². The number of para-hydroxylation sites is 1. The molecule has 4 heteroatoms. The summed E-state index contributed by atoms with van der Waals surface area (Å²) in [6, 6.07) is 20.1. The van der Waals surface area contributed by atoms with Crippen molar-refractivity contribution >= 4 is 35.4 Å². The van der Waals surface area contributed by atoms with Gasteiger partial charge in [-0.1, -0.05) is 63.6 Å². The van der Waals surface area contributed by atoms with E-state index in [0.717, 1.165) is 22.8 Å². The summed E-state index contributed by atoms with van der Waals surface area (Å²) in [6.45, 7) is 8.87. The van der Waals surface area contributed by atoms with Gasteiger partial charge in [0.15, 0.2) is 0 Å². The number of halogens is 1. The Hall–Kier alpha value is -2.78. The molecule has 1 heterocycles. The standard InChI is InChI=1S/C27H30ClN3/c1-19(2)25-9-6-10-26(20(3)4)27(25)30-18-16-24-8-5-7-23(31-24)15-17-29-22-13-11-21(28)12-14-22/h5-14,17-20H,15-16H2,1-4H3. The second-order valence-electron chi connectivity index (χ2n) is 8.22. The number of nitrogens with zero attached hydrogens (tertiary/aromatic N) is 3. The minimum Gasteiger partial charge on any atom is -0.261 e. The van der Waals surface area contributed by atoms with Gasteiger partial charge < -0.3 is 0 Å². The Morgan fingerprint density at radius 1 is 0.742 bits per heavy atom. The summed E-state index contributed by atoms with van der Waals surface area (Å²) in [4.78, 5) is 14.1. The molecule has 1 aromatic heterocycles. The van der Waals surface area contributed by atoms with Crippen molar-refractivity contribution in [3.63, 3.8) is 0 Å². The molecule has 0 aliphatic carbocycles. The second-order valence-corrected chi connectivity index (χ2v) is 8.66. The zero-order chi connectivity index (χ0) is 22.2. The third kappa shape index (κ3) is 6.60. The Kier molecular flexibility index (Phi) is 8.13. The first-order valence-electron chi connectivity index (χ1n) is 10.8. The van der Waals surface area contributed by atoms with Gasteiger partial charge in [-0.3, -0.25) is 15.0 Å². The fourth-order valence-electron chi connectivity index (χ4n) is 3.42. The Balaban J connectivity index is 1.69. The summed E-state index contributed by atoms with van der Waals surface area (Å²) in [5, 5.41) is 0.714. The summed E-state index contributed by atoms with van der Waals surface area (Å²) < 4.78 is 0. The lowest BCUT2D eigenvalue weighted by atomic mass is 9.93. The predicted molar refractivity (Wildman–Crippen MR) is 134 cm³/mol. The number of aromatic nitrogens is 1.